The first-order chi connectivity index (χ1) is 20.5. The Balaban J connectivity index is 1.16. The molecule has 3 aromatic carbocycles. The molecule has 1 saturated carbocycles. The van der Waals surface area contributed by atoms with E-state index in [1.165, 1.54) is 0 Å². The molecular formula is C30H22ClF4N5O3. The molecular weight excluding hydrogens is 590 g/mol. The van der Waals surface area contributed by atoms with Gasteiger partial charge in [-0.2, -0.15) is 18.2 Å². The number of carbonyl (C=O) groups is 2. The zero-order valence-corrected chi connectivity index (χ0v) is 23.2. The second-order valence-corrected chi connectivity index (χ2v) is 10.6. The molecule has 2 amide bonds. The Hall–Kier alpha value is -4.71. The van der Waals surface area contributed by atoms with Gasteiger partial charge in [0.05, 0.1) is 16.1 Å². The van der Waals surface area contributed by atoms with E-state index in [2.05, 4.69) is 20.8 Å². The van der Waals surface area contributed by atoms with Crippen molar-refractivity contribution in [3.05, 3.63) is 100 Å². The molecule has 43 heavy (non-hydrogen) atoms. The number of aryl methyl sites for hydroxylation is 1. The van der Waals surface area contributed by atoms with Crippen molar-refractivity contribution < 1.29 is 31.7 Å². The molecule has 0 bridgehead atoms. The molecule has 0 radical (unpaired) electrons. The van der Waals surface area contributed by atoms with Crippen LogP contribution in [0.4, 0.5) is 17.6 Å². The van der Waals surface area contributed by atoms with Crippen molar-refractivity contribution in [1.82, 2.24) is 25.3 Å². The van der Waals surface area contributed by atoms with Crippen molar-refractivity contribution in [2.24, 2.45) is 0 Å². The molecule has 2 N–H and O–H groups in total. The molecule has 1 fully saturated rings. The molecule has 2 heterocycles. The van der Waals surface area contributed by atoms with Crippen LogP contribution in [0, 0.1) is 12.7 Å². The number of hydrogen-bond donors (Lipinski definition) is 2. The third kappa shape index (κ3) is 5.34. The summed E-state index contributed by atoms with van der Waals surface area (Å²) in [5.41, 5.74) is -0.0510. The van der Waals surface area contributed by atoms with Gasteiger partial charge in [-0.25, -0.2) is 4.39 Å². The molecule has 2 aromatic heterocycles. The third-order valence-electron chi connectivity index (χ3n) is 7.27. The highest BCUT2D eigenvalue weighted by Crippen LogP contribution is 2.39. The summed E-state index contributed by atoms with van der Waals surface area (Å²) in [5, 5.41) is 10.7. The highest BCUT2D eigenvalue weighted by atomic mass is 35.5. The van der Waals surface area contributed by atoms with E-state index in [-0.39, 0.29) is 12.1 Å². The minimum absolute atomic E-state index is 0.149. The highest BCUT2D eigenvalue weighted by Gasteiger charge is 2.51. The van der Waals surface area contributed by atoms with Gasteiger partial charge in [-0.3, -0.25) is 9.59 Å². The molecule has 6 rings (SSSR count). The lowest BCUT2D eigenvalue weighted by atomic mass is 10.1. The molecule has 1 aliphatic carbocycles. The predicted octanol–water partition coefficient (Wildman–Crippen LogP) is 6.38. The molecule has 5 aromatic rings. The topological polar surface area (TPSA) is 102 Å². The van der Waals surface area contributed by atoms with Crippen LogP contribution < -0.4 is 10.6 Å². The van der Waals surface area contributed by atoms with Crippen molar-refractivity contribution >= 4 is 34.3 Å². The number of amides is 2. The Morgan fingerprint density at radius 3 is 2.42 bits per heavy atom. The second kappa shape index (κ2) is 10.5. The summed E-state index contributed by atoms with van der Waals surface area (Å²) in [5.74, 6) is -2.12. The maximum Gasteiger partial charge on any atom is 0.419 e. The summed E-state index contributed by atoms with van der Waals surface area (Å²) in [6.45, 7) is 1.84. The Bertz CT molecular complexity index is 1880. The maximum absolute atomic E-state index is 13.9. The quantitative estimate of drug-likeness (QED) is 0.208. The molecule has 1 aliphatic rings. The Labute approximate surface area is 246 Å². The molecule has 8 nitrogen and oxygen atoms in total. The van der Waals surface area contributed by atoms with E-state index >= 15 is 0 Å². The number of halogens is 5. The summed E-state index contributed by atoms with van der Waals surface area (Å²) < 4.78 is 59.6. The maximum atomic E-state index is 13.9. The Morgan fingerprint density at radius 2 is 1.79 bits per heavy atom. The first-order valence-electron chi connectivity index (χ1n) is 13.1. The summed E-state index contributed by atoms with van der Waals surface area (Å²) >= 11 is 6.74. The summed E-state index contributed by atoms with van der Waals surface area (Å²) in [7, 11) is 0. The van der Waals surface area contributed by atoms with Crippen molar-refractivity contribution in [3.63, 3.8) is 0 Å². The second-order valence-electron chi connectivity index (χ2n) is 10.2. The summed E-state index contributed by atoms with van der Waals surface area (Å²) in [4.78, 5) is 29.9. The smallest absolute Gasteiger partial charge is 0.350 e. The van der Waals surface area contributed by atoms with Crippen LogP contribution in [0.3, 0.4) is 0 Å². The highest BCUT2D eigenvalue weighted by molar-refractivity contribution is 6.38. The summed E-state index contributed by atoms with van der Waals surface area (Å²) in [6, 6.07) is 16.9. The van der Waals surface area contributed by atoms with Crippen LogP contribution in [0.2, 0.25) is 5.02 Å². The van der Waals surface area contributed by atoms with Gasteiger partial charge in [-0.05, 0) is 54.8 Å². The first kappa shape index (κ1) is 28.4. The van der Waals surface area contributed by atoms with Gasteiger partial charge in [0.15, 0.2) is 0 Å². The van der Waals surface area contributed by atoms with Crippen LogP contribution >= 0.6 is 11.6 Å². The van der Waals surface area contributed by atoms with Gasteiger partial charge in [-0.1, -0.05) is 47.1 Å². The SMILES string of the molecule is Cc1nc(-c2c(Cl)c3ccccc3n2-c2ccc(CNC(=O)C3(NC(=O)c4ccc(C(F)(F)F)c(F)c4)CC3)cc2)no1. The van der Waals surface area contributed by atoms with E-state index in [0.29, 0.717) is 47.4 Å². The molecule has 0 saturated heterocycles. The number of carbonyl (C=O) groups excluding carboxylic acids is 2. The lowest BCUT2D eigenvalue weighted by Crippen LogP contribution is -2.48. The molecule has 13 heteroatoms. The number of fused-ring (bicyclic) bond motifs is 1. The van der Waals surface area contributed by atoms with Gasteiger partial charge in [0.1, 0.15) is 17.1 Å². The number of rotatable bonds is 7. The molecule has 0 spiro atoms. The molecule has 220 valence electrons. The molecule has 0 aliphatic heterocycles. The minimum atomic E-state index is -4.88. The van der Waals surface area contributed by atoms with E-state index in [0.717, 1.165) is 28.2 Å². The largest absolute Gasteiger partial charge is 0.419 e. The van der Waals surface area contributed by atoms with E-state index < -0.39 is 34.9 Å². The Morgan fingerprint density at radius 1 is 1.07 bits per heavy atom. The molecule has 0 atom stereocenters. The zero-order chi connectivity index (χ0) is 30.5. The van der Waals surface area contributed by atoms with Gasteiger partial charge < -0.3 is 19.7 Å². The number of para-hydroxylation sites is 1. The minimum Gasteiger partial charge on any atom is -0.350 e. The van der Waals surface area contributed by atoms with Crippen LogP contribution in [0.1, 0.15) is 40.2 Å². The van der Waals surface area contributed by atoms with E-state index in [9.17, 15) is 27.2 Å². The number of hydrogen-bond acceptors (Lipinski definition) is 5. The van der Waals surface area contributed by atoms with E-state index in [1.807, 2.05) is 53.1 Å². The zero-order valence-electron chi connectivity index (χ0n) is 22.4. The standard InChI is InChI=1S/C30H22ClF4N5O3/c1-16-37-26(39-43-16)25-24(31)20-4-2-3-5-23(20)40(25)19-9-6-17(7-10-19)15-36-28(42)29(12-13-29)38-27(41)18-8-11-21(22(32)14-18)30(33,34)35/h2-11,14H,12-13,15H2,1H3,(H,36,42)(H,38,41). The fraction of sp³-hybridized carbons (Fsp3) is 0.200. The number of aromatic nitrogens is 3. The van der Waals surface area contributed by atoms with Gasteiger partial charge in [0.2, 0.25) is 17.6 Å². The van der Waals surface area contributed by atoms with Gasteiger partial charge >= 0.3 is 6.18 Å². The lowest BCUT2D eigenvalue weighted by Gasteiger charge is -2.18. The normalized spacial score (nSPS) is 14.1. The first-order valence-corrected chi connectivity index (χ1v) is 13.5. The fourth-order valence-electron chi connectivity index (χ4n) is 4.89. The number of nitrogens with zero attached hydrogens (tertiary/aromatic N) is 3. The summed E-state index contributed by atoms with van der Waals surface area (Å²) in [6.07, 6.45) is -4.20. The predicted molar refractivity (Wildman–Crippen MR) is 149 cm³/mol. The van der Waals surface area contributed by atoms with Gasteiger partial charge in [0.25, 0.3) is 5.91 Å². The Kier molecular flexibility index (Phi) is 6.96. The van der Waals surface area contributed by atoms with Crippen molar-refractivity contribution in [3.8, 4) is 17.2 Å². The van der Waals surface area contributed by atoms with Gasteiger partial charge in [-0.15, -0.1) is 0 Å². The van der Waals surface area contributed by atoms with Crippen LogP contribution in [0.5, 0.6) is 0 Å². The number of nitrogens with one attached hydrogen (secondary N) is 2. The monoisotopic (exact) mass is 611 g/mol. The van der Waals surface area contributed by atoms with E-state index in [4.69, 9.17) is 16.1 Å². The van der Waals surface area contributed by atoms with Crippen molar-refractivity contribution in [1.29, 1.82) is 0 Å². The average Bonchev–Trinajstić information content (AvgIpc) is 3.54. The van der Waals surface area contributed by atoms with Crippen LogP contribution in [-0.4, -0.2) is 32.1 Å². The van der Waals surface area contributed by atoms with Crippen LogP contribution in [0.15, 0.2) is 71.3 Å². The lowest BCUT2D eigenvalue weighted by molar-refractivity contribution is -0.140. The van der Waals surface area contributed by atoms with Crippen LogP contribution in [0.25, 0.3) is 28.1 Å². The van der Waals surface area contributed by atoms with Gasteiger partial charge in [0, 0.05) is 30.1 Å². The molecule has 0 unspecified atom stereocenters. The third-order valence-corrected chi connectivity index (χ3v) is 7.66. The van der Waals surface area contributed by atoms with Crippen LogP contribution in [-0.2, 0) is 17.5 Å². The number of alkyl halides is 3. The fourth-order valence-corrected chi connectivity index (χ4v) is 5.21. The van der Waals surface area contributed by atoms with Crippen molar-refractivity contribution in [2.45, 2.75) is 38.0 Å². The number of benzene rings is 3. The van der Waals surface area contributed by atoms with E-state index in [1.54, 1.807) is 6.92 Å². The van der Waals surface area contributed by atoms with Crippen molar-refractivity contribution in [2.75, 3.05) is 0 Å². The average molecular weight is 612 g/mol.